The zero-order chi connectivity index (χ0) is 21.3. The van der Waals surface area contributed by atoms with Gasteiger partial charge in [0.05, 0.1) is 25.9 Å². The van der Waals surface area contributed by atoms with Crippen molar-refractivity contribution < 1.29 is 22.3 Å². The van der Waals surface area contributed by atoms with Crippen LogP contribution in [0.4, 0.5) is 14.9 Å². The van der Waals surface area contributed by atoms with Gasteiger partial charge in [-0.05, 0) is 35.4 Å². The Labute approximate surface area is 174 Å². The van der Waals surface area contributed by atoms with E-state index in [0.717, 1.165) is 4.31 Å². The second-order valence-corrected chi connectivity index (χ2v) is 8.63. The van der Waals surface area contributed by atoms with Crippen molar-refractivity contribution in [3.63, 3.8) is 0 Å². The summed E-state index contributed by atoms with van der Waals surface area (Å²) in [6.45, 7) is -0.0820. The molecule has 0 aromatic heterocycles. The highest BCUT2D eigenvalue weighted by Gasteiger charge is 2.41. The number of rotatable bonds is 5. The number of anilines is 1. The third kappa shape index (κ3) is 3.50. The minimum absolute atomic E-state index is 0.0115. The molecule has 3 aromatic rings. The molecule has 0 aliphatic carbocycles. The Kier molecular flexibility index (Phi) is 5.17. The number of carbonyl (C=O) groups is 1. The molecule has 1 heterocycles. The number of carbonyl (C=O) groups excluding carboxylic acids is 1. The Morgan fingerprint density at radius 3 is 2.30 bits per heavy atom. The van der Waals surface area contributed by atoms with Gasteiger partial charge < -0.3 is 4.74 Å². The molecule has 0 saturated heterocycles. The fourth-order valence-electron chi connectivity index (χ4n) is 3.40. The Morgan fingerprint density at radius 1 is 0.900 bits per heavy atom. The summed E-state index contributed by atoms with van der Waals surface area (Å²) in [7, 11) is -2.66. The lowest BCUT2D eigenvalue weighted by Crippen LogP contribution is -2.49. The molecule has 0 saturated carbocycles. The number of benzene rings is 3. The molecule has 4 rings (SSSR count). The van der Waals surface area contributed by atoms with Crippen LogP contribution in [0.15, 0.2) is 77.7 Å². The first kappa shape index (κ1) is 19.9. The minimum Gasteiger partial charge on any atom is -0.494 e. The smallest absolute Gasteiger partial charge is 0.339 e. The van der Waals surface area contributed by atoms with Crippen LogP contribution < -0.4 is 9.64 Å². The van der Waals surface area contributed by atoms with Gasteiger partial charge in [0.1, 0.15) is 4.90 Å². The molecule has 1 aliphatic rings. The van der Waals surface area contributed by atoms with Gasteiger partial charge >= 0.3 is 6.03 Å². The van der Waals surface area contributed by atoms with Crippen LogP contribution in [0.1, 0.15) is 11.1 Å². The Morgan fingerprint density at radius 2 is 1.60 bits per heavy atom. The zero-order valence-electron chi connectivity index (χ0n) is 16.2. The molecule has 3 aromatic carbocycles. The van der Waals surface area contributed by atoms with Gasteiger partial charge in [-0.1, -0.05) is 48.5 Å². The van der Waals surface area contributed by atoms with Gasteiger partial charge in [0.25, 0.3) is 10.0 Å². The normalized spacial score (nSPS) is 15.1. The summed E-state index contributed by atoms with van der Waals surface area (Å²) >= 11 is 0. The maximum absolute atomic E-state index is 14.2. The van der Waals surface area contributed by atoms with Crippen molar-refractivity contribution in [2.24, 2.45) is 0 Å². The SMILES string of the molecule is COc1ccc(CN2C(=O)N(Cc3ccccc3)S(=O)(=O)c3ccccc32)cc1F. The van der Waals surface area contributed by atoms with Crippen molar-refractivity contribution in [1.82, 2.24) is 4.31 Å². The molecule has 6 nitrogen and oxygen atoms in total. The number of halogens is 1. The second-order valence-electron chi connectivity index (χ2n) is 6.80. The van der Waals surface area contributed by atoms with Crippen LogP contribution in [0, 0.1) is 5.82 Å². The van der Waals surface area contributed by atoms with E-state index in [1.54, 1.807) is 48.5 Å². The third-order valence-electron chi connectivity index (χ3n) is 4.89. The number of urea groups is 1. The average Bonchev–Trinajstić information content (AvgIpc) is 2.75. The summed E-state index contributed by atoms with van der Waals surface area (Å²) in [4.78, 5) is 14.7. The lowest BCUT2D eigenvalue weighted by Gasteiger charge is -2.36. The van der Waals surface area contributed by atoms with E-state index in [9.17, 15) is 17.6 Å². The maximum Gasteiger partial charge on any atom is 0.339 e. The molecular weight excluding hydrogens is 407 g/mol. The van der Waals surface area contributed by atoms with Gasteiger partial charge in [-0.15, -0.1) is 0 Å². The highest BCUT2D eigenvalue weighted by atomic mass is 32.2. The first-order valence-corrected chi connectivity index (χ1v) is 10.7. The number of fused-ring (bicyclic) bond motifs is 1. The van der Waals surface area contributed by atoms with Crippen LogP contribution in [0.3, 0.4) is 0 Å². The number of para-hydroxylation sites is 1. The molecule has 154 valence electrons. The summed E-state index contributed by atoms with van der Waals surface area (Å²) in [5.74, 6) is -0.459. The van der Waals surface area contributed by atoms with Gasteiger partial charge in [-0.3, -0.25) is 4.90 Å². The fourth-order valence-corrected chi connectivity index (χ4v) is 4.96. The Balaban J connectivity index is 1.76. The Bertz CT molecular complexity index is 1200. The van der Waals surface area contributed by atoms with Gasteiger partial charge in [-0.2, -0.15) is 0 Å². The van der Waals surface area contributed by atoms with Crippen molar-refractivity contribution in [1.29, 1.82) is 0 Å². The van der Waals surface area contributed by atoms with Gasteiger partial charge in [0, 0.05) is 0 Å². The molecule has 0 spiro atoms. The summed E-state index contributed by atoms with van der Waals surface area (Å²) < 4.78 is 46.2. The van der Waals surface area contributed by atoms with Crippen molar-refractivity contribution in [2.45, 2.75) is 18.0 Å². The van der Waals surface area contributed by atoms with Crippen LogP contribution in [0.2, 0.25) is 0 Å². The maximum atomic E-state index is 14.2. The lowest BCUT2D eigenvalue weighted by molar-refractivity contribution is 0.226. The molecular formula is C22H19FN2O4S. The number of ether oxygens (including phenoxy) is 1. The zero-order valence-corrected chi connectivity index (χ0v) is 17.0. The molecule has 1 aliphatic heterocycles. The summed E-state index contributed by atoms with van der Waals surface area (Å²) in [5, 5.41) is 0. The van der Waals surface area contributed by atoms with Crippen molar-refractivity contribution in [2.75, 3.05) is 12.0 Å². The van der Waals surface area contributed by atoms with Gasteiger partial charge in [0.15, 0.2) is 11.6 Å². The van der Waals surface area contributed by atoms with E-state index in [2.05, 4.69) is 0 Å². The van der Waals surface area contributed by atoms with E-state index in [0.29, 0.717) is 11.1 Å². The number of sulfonamides is 1. The molecule has 0 bridgehead atoms. The quantitative estimate of drug-likeness (QED) is 0.614. The van der Waals surface area contributed by atoms with Gasteiger partial charge in [-0.25, -0.2) is 21.9 Å². The van der Waals surface area contributed by atoms with E-state index >= 15 is 0 Å². The van der Waals surface area contributed by atoms with Crippen molar-refractivity contribution in [3.05, 3.63) is 89.7 Å². The predicted octanol–water partition coefficient (Wildman–Crippen LogP) is 4.17. The van der Waals surface area contributed by atoms with Crippen molar-refractivity contribution in [3.8, 4) is 5.75 Å². The molecule has 0 unspecified atom stereocenters. The van der Waals surface area contributed by atoms with Crippen LogP contribution in [-0.2, 0) is 23.1 Å². The van der Waals surface area contributed by atoms with Crippen LogP contribution >= 0.6 is 0 Å². The molecule has 30 heavy (non-hydrogen) atoms. The molecule has 0 N–H and O–H groups in total. The summed E-state index contributed by atoms with van der Waals surface area (Å²) in [6.07, 6.45) is 0. The average molecular weight is 426 g/mol. The highest BCUT2D eigenvalue weighted by Crippen LogP contribution is 2.36. The van der Waals surface area contributed by atoms with E-state index < -0.39 is 21.9 Å². The third-order valence-corrected chi connectivity index (χ3v) is 6.66. The highest BCUT2D eigenvalue weighted by molar-refractivity contribution is 7.90. The van der Waals surface area contributed by atoms with E-state index in [-0.39, 0.29) is 29.4 Å². The van der Waals surface area contributed by atoms with Crippen LogP contribution in [0.5, 0.6) is 5.75 Å². The lowest BCUT2D eigenvalue weighted by atomic mass is 10.1. The monoisotopic (exact) mass is 426 g/mol. The van der Waals surface area contributed by atoms with E-state index in [4.69, 9.17) is 4.74 Å². The predicted molar refractivity (Wildman–Crippen MR) is 110 cm³/mol. The first-order valence-electron chi connectivity index (χ1n) is 9.21. The molecule has 0 atom stereocenters. The second kappa shape index (κ2) is 7.79. The molecule has 8 heteroatoms. The number of nitrogens with zero attached hydrogens (tertiary/aromatic N) is 2. The minimum atomic E-state index is -4.03. The first-order chi connectivity index (χ1) is 14.4. The standard InChI is InChI=1S/C22H19FN2O4S/c1-29-20-12-11-17(13-18(20)23)14-24-19-9-5-6-10-21(19)30(27,28)25(22(24)26)15-16-7-3-2-4-8-16/h2-13H,14-15H2,1H3. The summed E-state index contributed by atoms with van der Waals surface area (Å²) in [5.41, 5.74) is 1.46. The van der Waals surface area contributed by atoms with Crippen LogP contribution in [-0.4, -0.2) is 25.9 Å². The largest absolute Gasteiger partial charge is 0.494 e. The van der Waals surface area contributed by atoms with E-state index in [1.165, 1.54) is 30.2 Å². The van der Waals surface area contributed by atoms with Gasteiger partial charge in [0.2, 0.25) is 0 Å². The molecule has 2 amide bonds. The fraction of sp³-hybridized carbons (Fsp3) is 0.136. The van der Waals surface area contributed by atoms with Crippen molar-refractivity contribution >= 4 is 21.7 Å². The molecule has 0 radical (unpaired) electrons. The topological polar surface area (TPSA) is 66.9 Å². The molecule has 0 fully saturated rings. The Hall–Kier alpha value is -3.39. The number of methoxy groups -OCH3 is 1. The number of hydrogen-bond donors (Lipinski definition) is 0. The summed E-state index contributed by atoms with van der Waals surface area (Å²) in [6, 6.07) is 18.9. The van der Waals surface area contributed by atoms with Crippen LogP contribution in [0.25, 0.3) is 0 Å². The number of hydrogen-bond acceptors (Lipinski definition) is 4. The van der Waals surface area contributed by atoms with E-state index in [1.807, 2.05) is 6.07 Å². The number of amides is 2.